The molecule has 20 heavy (non-hydrogen) atoms. The monoisotopic (exact) mass is 308 g/mol. The largest absolute Gasteiger partial charge is 0.573 e. The minimum Gasteiger partial charge on any atom is -0.469 e. The lowest BCUT2D eigenvalue weighted by molar-refractivity contribution is -0.274. The Morgan fingerprint density at radius 3 is 2.55 bits per heavy atom. The molecule has 0 saturated heterocycles. The van der Waals surface area contributed by atoms with Crippen LogP contribution in [0.2, 0.25) is 0 Å². The quantitative estimate of drug-likeness (QED) is 0.806. The zero-order valence-electron chi connectivity index (χ0n) is 9.85. The average molecular weight is 309 g/mol. The van der Waals surface area contributed by atoms with Crippen molar-refractivity contribution in [2.45, 2.75) is 6.36 Å². The number of halogens is 4. The molecule has 0 radical (unpaired) electrons. The molecule has 0 aromatic heterocycles. The van der Waals surface area contributed by atoms with Crippen molar-refractivity contribution in [3.63, 3.8) is 0 Å². The third kappa shape index (κ3) is 3.53. The number of amides is 1. The van der Waals surface area contributed by atoms with Gasteiger partial charge in [0, 0.05) is 0 Å². The summed E-state index contributed by atoms with van der Waals surface area (Å²) in [6.45, 7) is -0.230. The molecule has 1 aromatic carbocycles. The Morgan fingerprint density at radius 1 is 1.35 bits per heavy atom. The van der Waals surface area contributed by atoms with E-state index in [-0.39, 0.29) is 29.8 Å². The molecule has 1 heterocycles. The number of hydrogen-bond acceptors (Lipinski definition) is 4. The molecule has 0 saturated carbocycles. The molecule has 1 amide bonds. The van der Waals surface area contributed by atoms with Crippen molar-refractivity contribution in [1.29, 1.82) is 0 Å². The van der Waals surface area contributed by atoms with E-state index in [1.807, 2.05) is 0 Å². The van der Waals surface area contributed by atoms with Crippen molar-refractivity contribution in [3.8, 4) is 5.75 Å². The van der Waals surface area contributed by atoms with Crippen LogP contribution >= 0.6 is 11.6 Å². The third-order valence-corrected chi connectivity index (χ3v) is 2.47. The summed E-state index contributed by atoms with van der Waals surface area (Å²) in [6, 6.07) is 4.72. The molecule has 0 N–H and O–H groups in total. The number of hydrazone groups is 1. The molecule has 108 valence electrons. The van der Waals surface area contributed by atoms with Crippen LogP contribution in [0, 0.1) is 0 Å². The number of alkyl halides is 4. The first-order valence-electron chi connectivity index (χ1n) is 5.34. The van der Waals surface area contributed by atoms with Crippen molar-refractivity contribution in [2.75, 3.05) is 17.5 Å². The van der Waals surface area contributed by atoms with E-state index in [0.29, 0.717) is 0 Å². The van der Waals surface area contributed by atoms with Crippen LogP contribution in [-0.4, -0.2) is 30.7 Å². The minimum atomic E-state index is -4.76. The van der Waals surface area contributed by atoms with Gasteiger partial charge in [-0.15, -0.1) is 29.9 Å². The van der Waals surface area contributed by atoms with E-state index in [1.54, 1.807) is 0 Å². The minimum absolute atomic E-state index is 0.0148. The summed E-state index contributed by atoms with van der Waals surface area (Å²) < 4.78 is 44.7. The first kappa shape index (κ1) is 14.4. The average Bonchev–Trinajstić information content (AvgIpc) is 2.39. The lowest BCUT2D eigenvalue weighted by Crippen LogP contribution is -2.37. The molecule has 0 aliphatic carbocycles. The summed E-state index contributed by atoms with van der Waals surface area (Å²) in [6.07, 6.45) is -4.76. The van der Waals surface area contributed by atoms with Gasteiger partial charge in [-0.1, -0.05) is 0 Å². The lowest BCUT2D eigenvalue weighted by atomic mass is 10.3. The number of anilines is 1. The zero-order valence-corrected chi connectivity index (χ0v) is 10.6. The number of rotatable bonds is 3. The highest BCUT2D eigenvalue weighted by Crippen LogP contribution is 2.26. The van der Waals surface area contributed by atoms with Crippen LogP contribution in [0.4, 0.5) is 18.9 Å². The zero-order chi connectivity index (χ0) is 14.8. The van der Waals surface area contributed by atoms with Crippen LogP contribution in [0.15, 0.2) is 29.4 Å². The van der Waals surface area contributed by atoms with Crippen molar-refractivity contribution in [1.82, 2.24) is 0 Å². The Balaban J connectivity index is 2.19. The van der Waals surface area contributed by atoms with Crippen molar-refractivity contribution < 1.29 is 27.4 Å². The molecule has 1 aliphatic rings. The van der Waals surface area contributed by atoms with E-state index in [4.69, 9.17) is 16.3 Å². The summed E-state index contributed by atoms with van der Waals surface area (Å²) in [5, 5.41) is 4.85. The molecule has 9 heteroatoms. The summed E-state index contributed by atoms with van der Waals surface area (Å²) >= 11 is 5.54. The Bertz CT molecular complexity index is 531. The number of ether oxygens (including phenoxy) is 2. The Kier molecular flexibility index (Phi) is 4.03. The second-order valence-corrected chi connectivity index (χ2v) is 3.93. The molecule has 0 unspecified atom stereocenters. The Labute approximate surface area is 116 Å². The van der Waals surface area contributed by atoms with Crippen molar-refractivity contribution >= 4 is 29.1 Å². The Hall–Kier alpha value is -1.96. The van der Waals surface area contributed by atoms with Gasteiger partial charge in [0.05, 0.1) is 5.69 Å². The first-order valence-corrected chi connectivity index (χ1v) is 5.87. The van der Waals surface area contributed by atoms with Gasteiger partial charge >= 0.3 is 6.36 Å². The molecule has 0 spiro atoms. The van der Waals surface area contributed by atoms with E-state index in [2.05, 4.69) is 9.84 Å². The van der Waals surface area contributed by atoms with Crippen LogP contribution in [-0.2, 0) is 9.53 Å². The van der Waals surface area contributed by atoms with Crippen LogP contribution in [0.1, 0.15) is 0 Å². The SMILES string of the molecule is O=C1COC(CCl)=NN1c1ccc(OC(F)(F)F)cc1. The number of carbonyl (C=O) groups is 1. The van der Waals surface area contributed by atoms with E-state index < -0.39 is 12.3 Å². The number of carbonyl (C=O) groups excluding carboxylic acids is 1. The van der Waals surface area contributed by atoms with Gasteiger partial charge in [0.15, 0.2) is 6.61 Å². The maximum absolute atomic E-state index is 12.0. The second kappa shape index (κ2) is 5.58. The van der Waals surface area contributed by atoms with E-state index in [9.17, 15) is 18.0 Å². The topological polar surface area (TPSA) is 51.1 Å². The number of hydrogen-bond donors (Lipinski definition) is 0. The third-order valence-electron chi connectivity index (χ3n) is 2.24. The van der Waals surface area contributed by atoms with Gasteiger partial charge < -0.3 is 9.47 Å². The lowest BCUT2D eigenvalue weighted by Gasteiger charge is -2.23. The maximum Gasteiger partial charge on any atom is 0.573 e. The van der Waals surface area contributed by atoms with Gasteiger partial charge in [-0.3, -0.25) is 4.79 Å². The van der Waals surface area contributed by atoms with Gasteiger partial charge in [0.1, 0.15) is 11.6 Å². The van der Waals surface area contributed by atoms with Crippen LogP contribution in [0.25, 0.3) is 0 Å². The van der Waals surface area contributed by atoms with Crippen molar-refractivity contribution in [3.05, 3.63) is 24.3 Å². The molecule has 1 aromatic rings. The standard InChI is InChI=1S/C11H8ClF3N2O3/c12-5-9-16-17(10(18)6-19-9)7-1-3-8(4-2-7)20-11(13,14)15/h1-4H,5-6H2. The fourth-order valence-electron chi connectivity index (χ4n) is 1.46. The van der Waals surface area contributed by atoms with E-state index in [1.165, 1.54) is 12.1 Å². The highest BCUT2D eigenvalue weighted by molar-refractivity contribution is 6.27. The normalized spacial score (nSPS) is 15.7. The molecule has 1 aliphatic heterocycles. The van der Waals surface area contributed by atoms with Gasteiger partial charge in [-0.25, -0.2) is 0 Å². The second-order valence-electron chi connectivity index (χ2n) is 3.66. The fourth-order valence-corrected chi connectivity index (χ4v) is 1.59. The highest BCUT2D eigenvalue weighted by atomic mass is 35.5. The smallest absolute Gasteiger partial charge is 0.469 e. The van der Waals surface area contributed by atoms with Crippen molar-refractivity contribution in [2.24, 2.45) is 5.10 Å². The van der Waals surface area contributed by atoms with Crippen LogP contribution < -0.4 is 9.75 Å². The molecule has 0 fully saturated rings. The van der Waals surface area contributed by atoms with Crippen LogP contribution in [0.5, 0.6) is 5.75 Å². The molecule has 0 bridgehead atoms. The number of nitrogens with zero attached hydrogens (tertiary/aromatic N) is 2. The van der Waals surface area contributed by atoms with Crippen LogP contribution in [0.3, 0.4) is 0 Å². The molecular formula is C11H8ClF3N2O3. The predicted octanol–water partition coefficient (Wildman–Crippen LogP) is 2.50. The molecule has 2 rings (SSSR count). The molecule has 5 nitrogen and oxygen atoms in total. The first-order chi connectivity index (χ1) is 9.39. The highest BCUT2D eigenvalue weighted by Gasteiger charge is 2.31. The van der Waals surface area contributed by atoms with Gasteiger partial charge in [0.25, 0.3) is 5.91 Å². The van der Waals surface area contributed by atoms with Gasteiger partial charge in [-0.2, -0.15) is 5.01 Å². The van der Waals surface area contributed by atoms with Gasteiger partial charge in [-0.05, 0) is 24.3 Å². The molecular weight excluding hydrogens is 301 g/mol. The van der Waals surface area contributed by atoms with E-state index in [0.717, 1.165) is 17.1 Å². The van der Waals surface area contributed by atoms with Gasteiger partial charge in [0.2, 0.25) is 5.90 Å². The predicted molar refractivity (Wildman–Crippen MR) is 64.7 cm³/mol. The summed E-state index contributed by atoms with van der Waals surface area (Å²) in [7, 11) is 0. The fraction of sp³-hybridized carbons (Fsp3) is 0.273. The summed E-state index contributed by atoms with van der Waals surface area (Å²) in [5.74, 6) is -0.701. The Morgan fingerprint density at radius 2 is 2.00 bits per heavy atom. The summed E-state index contributed by atoms with van der Waals surface area (Å²) in [4.78, 5) is 11.6. The van der Waals surface area contributed by atoms with E-state index >= 15 is 0 Å². The summed E-state index contributed by atoms with van der Waals surface area (Å²) in [5.41, 5.74) is 0.287. The molecule has 0 atom stereocenters. The number of benzene rings is 1. The maximum atomic E-state index is 12.0.